The summed E-state index contributed by atoms with van der Waals surface area (Å²) in [4.78, 5) is 8.41. The van der Waals surface area contributed by atoms with Crippen LogP contribution in [0.1, 0.15) is 36.4 Å². The molecule has 0 saturated carbocycles. The number of imidazole rings is 1. The van der Waals surface area contributed by atoms with E-state index in [-0.39, 0.29) is 0 Å². The number of hydrogen-bond acceptors (Lipinski definition) is 3. The minimum Gasteiger partial charge on any atom is -0.388 e. The molecule has 96 valence electrons. The normalized spacial score (nSPS) is 12.6. The molecule has 0 aliphatic carbocycles. The van der Waals surface area contributed by atoms with Crippen LogP contribution >= 0.6 is 0 Å². The maximum absolute atomic E-state index is 10.2. The molecule has 2 heterocycles. The van der Waals surface area contributed by atoms with E-state index in [1.165, 1.54) is 0 Å². The van der Waals surface area contributed by atoms with Crippen LogP contribution < -0.4 is 0 Å². The van der Waals surface area contributed by atoms with Crippen molar-refractivity contribution in [2.24, 2.45) is 0 Å². The third kappa shape index (κ3) is 2.96. The zero-order valence-corrected chi connectivity index (χ0v) is 10.9. The highest BCUT2D eigenvalue weighted by Crippen LogP contribution is 2.17. The van der Waals surface area contributed by atoms with E-state index in [0.717, 1.165) is 29.9 Å². The second-order valence-corrected chi connectivity index (χ2v) is 4.55. The Morgan fingerprint density at radius 1 is 1.39 bits per heavy atom. The van der Waals surface area contributed by atoms with Crippen LogP contribution in [0.2, 0.25) is 0 Å². The van der Waals surface area contributed by atoms with E-state index in [4.69, 9.17) is 0 Å². The van der Waals surface area contributed by atoms with Crippen LogP contribution in [0.15, 0.2) is 30.9 Å². The average molecular weight is 245 g/mol. The molecule has 1 N–H and O–H groups in total. The molecule has 2 rings (SSSR count). The van der Waals surface area contributed by atoms with Gasteiger partial charge in [-0.25, -0.2) is 4.98 Å². The number of aliphatic hydroxyl groups is 1. The highest BCUT2D eigenvalue weighted by atomic mass is 16.3. The third-order valence-electron chi connectivity index (χ3n) is 2.92. The second-order valence-electron chi connectivity index (χ2n) is 4.55. The molecule has 1 unspecified atom stereocenters. The third-order valence-corrected chi connectivity index (χ3v) is 2.92. The molecule has 0 bridgehead atoms. The van der Waals surface area contributed by atoms with Crippen molar-refractivity contribution in [3.05, 3.63) is 47.8 Å². The summed E-state index contributed by atoms with van der Waals surface area (Å²) in [5, 5.41) is 10.2. The first kappa shape index (κ1) is 12.8. The van der Waals surface area contributed by atoms with E-state index in [1.807, 2.05) is 19.2 Å². The van der Waals surface area contributed by atoms with Gasteiger partial charge in [0.15, 0.2) is 0 Å². The molecule has 0 saturated heterocycles. The van der Waals surface area contributed by atoms with Gasteiger partial charge in [-0.05, 0) is 24.5 Å². The van der Waals surface area contributed by atoms with Crippen LogP contribution in [0.5, 0.6) is 0 Å². The first-order chi connectivity index (χ1) is 8.70. The lowest BCUT2D eigenvalue weighted by Gasteiger charge is -2.12. The number of rotatable bonds is 5. The smallest absolute Gasteiger partial charge is 0.111 e. The van der Waals surface area contributed by atoms with Crippen LogP contribution in [-0.4, -0.2) is 19.6 Å². The summed E-state index contributed by atoms with van der Waals surface area (Å²) in [6.45, 7) is 5.04. The van der Waals surface area contributed by atoms with Crippen LogP contribution in [0.4, 0.5) is 0 Å². The molecule has 2 aromatic rings. The molecule has 0 amide bonds. The number of nitrogens with zero attached hydrogens (tertiary/aromatic N) is 3. The van der Waals surface area contributed by atoms with Gasteiger partial charge in [0.05, 0.1) is 6.10 Å². The van der Waals surface area contributed by atoms with Crippen LogP contribution in [0, 0.1) is 6.92 Å². The van der Waals surface area contributed by atoms with Crippen molar-refractivity contribution >= 4 is 0 Å². The van der Waals surface area contributed by atoms with Crippen molar-refractivity contribution in [1.29, 1.82) is 0 Å². The Labute approximate surface area is 107 Å². The molecule has 0 fully saturated rings. The molecule has 0 aromatic carbocycles. The lowest BCUT2D eigenvalue weighted by Crippen LogP contribution is -2.09. The van der Waals surface area contributed by atoms with Gasteiger partial charge >= 0.3 is 0 Å². The summed E-state index contributed by atoms with van der Waals surface area (Å²) in [6, 6.07) is 1.96. The number of aliphatic hydroxyl groups excluding tert-OH is 1. The van der Waals surface area contributed by atoms with E-state index >= 15 is 0 Å². The van der Waals surface area contributed by atoms with Gasteiger partial charge in [0, 0.05) is 37.8 Å². The van der Waals surface area contributed by atoms with Crippen molar-refractivity contribution in [3.8, 4) is 0 Å². The number of aromatic nitrogens is 3. The lowest BCUT2D eigenvalue weighted by atomic mass is 10.1. The van der Waals surface area contributed by atoms with E-state index in [2.05, 4.69) is 21.5 Å². The Hall–Kier alpha value is -1.68. The first-order valence-electron chi connectivity index (χ1n) is 6.30. The molecule has 4 heteroatoms. The Balaban J connectivity index is 2.11. The molecule has 0 radical (unpaired) electrons. The molecule has 0 aliphatic rings. The second kappa shape index (κ2) is 5.78. The Kier molecular flexibility index (Phi) is 4.10. The van der Waals surface area contributed by atoms with Crippen LogP contribution in [0.25, 0.3) is 0 Å². The summed E-state index contributed by atoms with van der Waals surface area (Å²) in [5.74, 6) is 0.922. The maximum atomic E-state index is 10.2. The van der Waals surface area contributed by atoms with Crippen molar-refractivity contribution in [2.45, 2.75) is 39.3 Å². The van der Waals surface area contributed by atoms with E-state index in [0.29, 0.717) is 6.42 Å². The molecule has 1 atom stereocenters. The lowest BCUT2D eigenvalue weighted by molar-refractivity contribution is 0.174. The zero-order chi connectivity index (χ0) is 13.0. The highest BCUT2D eigenvalue weighted by molar-refractivity contribution is 5.19. The van der Waals surface area contributed by atoms with Gasteiger partial charge < -0.3 is 9.67 Å². The molecular weight excluding hydrogens is 226 g/mol. The maximum Gasteiger partial charge on any atom is 0.111 e. The predicted molar refractivity (Wildman–Crippen MR) is 70.2 cm³/mol. The fraction of sp³-hybridized carbons (Fsp3) is 0.429. The molecular formula is C14H19N3O. The Morgan fingerprint density at radius 3 is 2.94 bits per heavy atom. The standard InChI is InChI=1S/C14H19N3O/c1-3-5-17-6-4-16-14(17)8-13(18)12-7-11(2)9-15-10-12/h4,6-7,9-10,13,18H,3,5,8H2,1-2H3. The summed E-state index contributed by atoms with van der Waals surface area (Å²) in [5.41, 5.74) is 1.91. The van der Waals surface area contributed by atoms with Crippen molar-refractivity contribution in [2.75, 3.05) is 0 Å². The largest absolute Gasteiger partial charge is 0.388 e. The molecule has 4 nitrogen and oxygen atoms in total. The molecule has 2 aromatic heterocycles. The number of hydrogen-bond donors (Lipinski definition) is 1. The summed E-state index contributed by atoms with van der Waals surface area (Å²) in [7, 11) is 0. The van der Waals surface area contributed by atoms with Crippen LogP contribution in [0.3, 0.4) is 0 Å². The molecule has 0 aliphatic heterocycles. The van der Waals surface area contributed by atoms with E-state index in [9.17, 15) is 5.11 Å². The number of aryl methyl sites for hydroxylation is 2. The fourth-order valence-electron chi connectivity index (χ4n) is 2.03. The average Bonchev–Trinajstić information content (AvgIpc) is 2.77. The Bertz CT molecular complexity index is 507. The Morgan fingerprint density at radius 2 is 2.22 bits per heavy atom. The minimum absolute atomic E-state index is 0.526. The van der Waals surface area contributed by atoms with Crippen molar-refractivity contribution < 1.29 is 5.11 Å². The molecule has 0 spiro atoms. The zero-order valence-electron chi connectivity index (χ0n) is 10.9. The predicted octanol–water partition coefficient (Wildman–Crippen LogP) is 2.27. The SMILES string of the molecule is CCCn1ccnc1CC(O)c1cncc(C)c1. The summed E-state index contributed by atoms with van der Waals surface area (Å²) < 4.78 is 2.09. The first-order valence-corrected chi connectivity index (χ1v) is 6.30. The monoisotopic (exact) mass is 245 g/mol. The van der Waals surface area contributed by atoms with Gasteiger partial charge in [0.1, 0.15) is 5.82 Å². The highest BCUT2D eigenvalue weighted by Gasteiger charge is 2.12. The van der Waals surface area contributed by atoms with E-state index < -0.39 is 6.10 Å². The van der Waals surface area contributed by atoms with Gasteiger partial charge in [0.25, 0.3) is 0 Å². The van der Waals surface area contributed by atoms with Gasteiger partial charge in [-0.1, -0.05) is 13.0 Å². The van der Waals surface area contributed by atoms with E-state index in [1.54, 1.807) is 18.6 Å². The summed E-state index contributed by atoms with van der Waals surface area (Å²) in [6.07, 6.45) is 8.28. The van der Waals surface area contributed by atoms with Gasteiger partial charge in [-0.15, -0.1) is 0 Å². The van der Waals surface area contributed by atoms with Gasteiger partial charge in [-0.2, -0.15) is 0 Å². The van der Waals surface area contributed by atoms with Crippen LogP contribution in [-0.2, 0) is 13.0 Å². The van der Waals surface area contributed by atoms with Gasteiger partial charge in [0.2, 0.25) is 0 Å². The van der Waals surface area contributed by atoms with Gasteiger partial charge in [-0.3, -0.25) is 4.98 Å². The fourth-order valence-corrected chi connectivity index (χ4v) is 2.03. The summed E-state index contributed by atoms with van der Waals surface area (Å²) >= 11 is 0. The van der Waals surface area contributed by atoms with Crippen molar-refractivity contribution in [1.82, 2.24) is 14.5 Å². The molecule has 18 heavy (non-hydrogen) atoms. The van der Waals surface area contributed by atoms with Crippen molar-refractivity contribution in [3.63, 3.8) is 0 Å². The minimum atomic E-state index is -0.546. The number of pyridine rings is 1. The quantitative estimate of drug-likeness (QED) is 0.879. The topological polar surface area (TPSA) is 50.9 Å².